The molecule has 1 aromatic rings. The van der Waals surface area contributed by atoms with Gasteiger partial charge in [-0.3, -0.25) is 4.79 Å². The molecule has 7 heteroatoms. The van der Waals surface area contributed by atoms with Gasteiger partial charge in [0.15, 0.2) is 0 Å². The lowest BCUT2D eigenvalue weighted by Crippen LogP contribution is -2.30. The van der Waals surface area contributed by atoms with E-state index in [1.165, 1.54) is 0 Å². The van der Waals surface area contributed by atoms with Gasteiger partial charge in [0.1, 0.15) is 11.0 Å². The standard InChI is InChI=1S/C13H16ClNO4S/c1-9(10-4-3-5-11(6-10)19-2)15-8-12(7-13(15)16)20(14,17)18/h3-6,9,12H,7-8H2,1-2H3. The van der Waals surface area contributed by atoms with Crippen molar-refractivity contribution in [3.63, 3.8) is 0 Å². The predicted molar refractivity (Wildman–Crippen MR) is 76.3 cm³/mol. The summed E-state index contributed by atoms with van der Waals surface area (Å²) in [5, 5.41) is -0.829. The molecule has 1 fully saturated rings. The van der Waals surface area contributed by atoms with Gasteiger partial charge in [-0.15, -0.1) is 0 Å². The third kappa shape index (κ3) is 3.07. The van der Waals surface area contributed by atoms with E-state index in [2.05, 4.69) is 0 Å². The van der Waals surface area contributed by atoms with Crippen LogP contribution in [0, 0.1) is 0 Å². The van der Waals surface area contributed by atoms with Crippen LogP contribution < -0.4 is 4.74 Å². The maximum absolute atomic E-state index is 12.0. The van der Waals surface area contributed by atoms with Crippen molar-refractivity contribution in [1.82, 2.24) is 4.90 Å². The second-order valence-electron chi connectivity index (χ2n) is 4.80. The molecular weight excluding hydrogens is 302 g/mol. The lowest BCUT2D eigenvalue weighted by molar-refractivity contribution is -0.129. The number of hydrogen-bond acceptors (Lipinski definition) is 4. The Kier molecular flexibility index (Phi) is 4.25. The van der Waals surface area contributed by atoms with Crippen LogP contribution in [0.25, 0.3) is 0 Å². The van der Waals surface area contributed by atoms with Crippen LogP contribution in [-0.4, -0.2) is 38.1 Å². The summed E-state index contributed by atoms with van der Waals surface area (Å²) in [6.45, 7) is 1.99. The number of rotatable bonds is 4. The average molecular weight is 318 g/mol. The molecule has 1 aromatic carbocycles. The molecule has 0 aromatic heterocycles. The van der Waals surface area contributed by atoms with Gasteiger partial charge in [-0.2, -0.15) is 0 Å². The Balaban J connectivity index is 2.21. The smallest absolute Gasteiger partial charge is 0.237 e. The van der Waals surface area contributed by atoms with E-state index in [1.54, 1.807) is 12.0 Å². The van der Waals surface area contributed by atoms with Gasteiger partial charge in [0.05, 0.1) is 13.2 Å². The van der Waals surface area contributed by atoms with Gasteiger partial charge in [-0.1, -0.05) is 12.1 Å². The third-order valence-corrected chi connectivity index (χ3v) is 5.43. The zero-order valence-electron chi connectivity index (χ0n) is 11.2. The van der Waals surface area contributed by atoms with Crippen molar-refractivity contribution in [2.24, 2.45) is 0 Å². The van der Waals surface area contributed by atoms with Crippen LogP contribution in [0.15, 0.2) is 24.3 Å². The van der Waals surface area contributed by atoms with E-state index < -0.39 is 14.3 Å². The molecule has 0 spiro atoms. The van der Waals surface area contributed by atoms with Crippen molar-refractivity contribution < 1.29 is 17.9 Å². The lowest BCUT2D eigenvalue weighted by Gasteiger charge is -2.25. The average Bonchev–Trinajstić information content (AvgIpc) is 2.80. The molecule has 110 valence electrons. The van der Waals surface area contributed by atoms with Gasteiger partial charge >= 0.3 is 0 Å². The van der Waals surface area contributed by atoms with Crippen molar-refractivity contribution in [1.29, 1.82) is 0 Å². The van der Waals surface area contributed by atoms with Crippen molar-refractivity contribution in [2.45, 2.75) is 24.6 Å². The molecule has 20 heavy (non-hydrogen) atoms. The molecule has 0 N–H and O–H groups in total. The number of amides is 1. The van der Waals surface area contributed by atoms with Crippen LogP contribution in [0.4, 0.5) is 0 Å². The van der Waals surface area contributed by atoms with Crippen molar-refractivity contribution in [3.05, 3.63) is 29.8 Å². The molecule has 2 rings (SSSR count). The van der Waals surface area contributed by atoms with Gasteiger partial charge in [0.2, 0.25) is 15.0 Å². The maximum atomic E-state index is 12.0. The number of carbonyl (C=O) groups is 1. The first-order valence-corrected chi connectivity index (χ1v) is 8.57. The van der Waals surface area contributed by atoms with Gasteiger partial charge in [0.25, 0.3) is 0 Å². The normalized spacial score (nSPS) is 21.1. The summed E-state index contributed by atoms with van der Waals surface area (Å²) in [6, 6.07) is 7.14. The van der Waals surface area contributed by atoms with Crippen LogP contribution >= 0.6 is 10.7 Å². The molecule has 0 saturated carbocycles. The van der Waals surface area contributed by atoms with Crippen molar-refractivity contribution >= 4 is 25.6 Å². The molecule has 2 atom stereocenters. The van der Waals surface area contributed by atoms with Gasteiger partial charge in [0, 0.05) is 23.6 Å². The highest BCUT2D eigenvalue weighted by atomic mass is 35.7. The molecule has 0 aliphatic carbocycles. The third-order valence-electron chi connectivity index (χ3n) is 3.56. The largest absolute Gasteiger partial charge is 0.497 e. The quantitative estimate of drug-likeness (QED) is 0.796. The number of ether oxygens (including phenoxy) is 1. The highest BCUT2D eigenvalue weighted by molar-refractivity contribution is 8.14. The zero-order chi connectivity index (χ0) is 14.9. The number of hydrogen-bond donors (Lipinski definition) is 0. The fourth-order valence-corrected chi connectivity index (χ4v) is 3.38. The van der Waals surface area contributed by atoms with Crippen LogP contribution in [-0.2, 0) is 13.8 Å². The molecule has 2 unspecified atom stereocenters. The minimum atomic E-state index is -3.71. The molecule has 5 nitrogen and oxygen atoms in total. The van der Waals surface area contributed by atoms with Crippen LogP contribution in [0.5, 0.6) is 5.75 Å². The first-order valence-electron chi connectivity index (χ1n) is 6.20. The van der Waals surface area contributed by atoms with Crippen molar-refractivity contribution in [2.75, 3.05) is 13.7 Å². The van der Waals surface area contributed by atoms with E-state index in [4.69, 9.17) is 15.4 Å². The summed E-state index contributed by atoms with van der Waals surface area (Å²) < 4.78 is 27.9. The van der Waals surface area contributed by atoms with Crippen LogP contribution in [0.1, 0.15) is 24.9 Å². The SMILES string of the molecule is COc1cccc(C(C)N2CC(S(=O)(=O)Cl)CC2=O)c1. The number of halogens is 1. The number of likely N-dealkylation sites (tertiary alicyclic amines) is 1. The molecule has 1 heterocycles. The van der Waals surface area contributed by atoms with Gasteiger partial charge < -0.3 is 9.64 Å². The molecule has 0 bridgehead atoms. The number of nitrogens with zero attached hydrogens (tertiary/aromatic N) is 1. The molecule has 0 radical (unpaired) electrons. The van der Waals surface area contributed by atoms with Crippen molar-refractivity contribution in [3.8, 4) is 5.75 Å². The zero-order valence-corrected chi connectivity index (χ0v) is 12.8. The Morgan fingerprint density at radius 3 is 2.70 bits per heavy atom. The van der Waals surface area contributed by atoms with E-state index in [0.29, 0.717) is 5.75 Å². The first-order chi connectivity index (χ1) is 9.32. The summed E-state index contributed by atoms with van der Waals surface area (Å²) in [7, 11) is 3.20. The number of carbonyl (C=O) groups excluding carboxylic acids is 1. The summed E-state index contributed by atoms with van der Waals surface area (Å²) in [4.78, 5) is 13.5. The van der Waals surface area contributed by atoms with Crippen LogP contribution in [0.3, 0.4) is 0 Å². The van der Waals surface area contributed by atoms with E-state index in [9.17, 15) is 13.2 Å². The molecular formula is C13H16ClNO4S. The maximum Gasteiger partial charge on any atom is 0.237 e. The van der Waals surface area contributed by atoms with E-state index >= 15 is 0 Å². The number of methoxy groups -OCH3 is 1. The fourth-order valence-electron chi connectivity index (χ4n) is 2.34. The minimum Gasteiger partial charge on any atom is -0.497 e. The summed E-state index contributed by atoms with van der Waals surface area (Å²) in [5.74, 6) is 0.497. The Morgan fingerprint density at radius 1 is 1.45 bits per heavy atom. The summed E-state index contributed by atoms with van der Waals surface area (Å²) >= 11 is 0. The highest BCUT2D eigenvalue weighted by Crippen LogP contribution is 2.30. The summed E-state index contributed by atoms with van der Waals surface area (Å²) in [5.41, 5.74) is 0.894. The lowest BCUT2D eigenvalue weighted by atomic mass is 10.1. The van der Waals surface area contributed by atoms with Gasteiger partial charge in [-0.25, -0.2) is 8.42 Å². The summed E-state index contributed by atoms with van der Waals surface area (Å²) in [6.07, 6.45) is -0.0554. The van der Waals surface area contributed by atoms with Crippen LogP contribution in [0.2, 0.25) is 0 Å². The fraction of sp³-hybridized carbons (Fsp3) is 0.462. The monoisotopic (exact) mass is 317 g/mol. The molecule has 1 saturated heterocycles. The number of benzene rings is 1. The van der Waals surface area contributed by atoms with E-state index in [0.717, 1.165) is 5.56 Å². The first kappa shape index (κ1) is 15.1. The Hall–Kier alpha value is -1.27. The Labute approximate surface area is 122 Å². The molecule has 1 aliphatic rings. The Bertz CT molecular complexity index is 617. The minimum absolute atomic E-state index is 0.0554. The highest BCUT2D eigenvalue weighted by Gasteiger charge is 2.39. The second-order valence-corrected chi connectivity index (χ2v) is 7.71. The molecule has 1 aliphatic heterocycles. The molecule has 1 amide bonds. The topological polar surface area (TPSA) is 63.7 Å². The second kappa shape index (κ2) is 5.61. The predicted octanol–water partition coefficient (Wildman–Crippen LogP) is 1.93. The Morgan fingerprint density at radius 2 is 2.15 bits per heavy atom. The van der Waals surface area contributed by atoms with Gasteiger partial charge in [-0.05, 0) is 24.6 Å². The van der Waals surface area contributed by atoms with E-state index in [-0.39, 0.29) is 24.9 Å². The van der Waals surface area contributed by atoms with E-state index in [1.807, 2.05) is 31.2 Å².